The van der Waals surface area contributed by atoms with Crippen LogP contribution in [0.3, 0.4) is 0 Å². The highest BCUT2D eigenvalue weighted by Gasteiger charge is 2.07. The van der Waals surface area contributed by atoms with Gasteiger partial charge in [0, 0.05) is 14.3 Å². The Labute approximate surface area is 119 Å². The molecular weight excluding hydrogens is 308 g/mol. The van der Waals surface area contributed by atoms with Crippen LogP contribution in [-0.2, 0) is 0 Å². The van der Waals surface area contributed by atoms with E-state index in [2.05, 4.69) is 34.1 Å². The molecule has 0 aliphatic rings. The molecule has 90 valence electrons. The number of rotatable bonds is 2. The Morgan fingerprint density at radius 3 is 2.72 bits per heavy atom. The summed E-state index contributed by atoms with van der Waals surface area (Å²) in [6.07, 6.45) is 0. The van der Waals surface area contributed by atoms with E-state index >= 15 is 0 Å². The number of benzene rings is 2. The van der Waals surface area contributed by atoms with Gasteiger partial charge in [0.15, 0.2) is 0 Å². The second-order valence-corrected chi connectivity index (χ2v) is 5.93. The van der Waals surface area contributed by atoms with Crippen molar-refractivity contribution in [2.75, 3.05) is 5.73 Å². The molecule has 0 aromatic heterocycles. The third-order valence-electron chi connectivity index (χ3n) is 2.41. The minimum Gasteiger partial charge on any atom is -0.398 e. The van der Waals surface area contributed by atoms with E-state index in [1.807, 2.05) is 25.1 Å². The zero-order valence-corrected chi connectivity index (χ0v) is 12.2. The topological polar surface area (TPSA) is 49.8 Å². The number of nitrogens with two attached hydrogens (primary N) is 1. The molecule has 0 heterocycles. The zero-order valence-electron chi connectivity index (χ0n) is 9.77. The van der Waals surface area contributed by atoms with Crippen LogP contribution >= 0.6 is 27.7 Å². The maximum Gasteiger partial charge on any atom is 0.102 e. The molecule has 2 N–H and O–H groups in total. The van der Waals surface area contributed by atoms with E-state index in [-0.39, 0.29) is 0 Å². The van der Waals surface area contributed by atoms with Gasteiger partial charge in [-0.1, -0.05) is 33.8 Å². The fraction of sp³-hybridized carbons (Fsp3) is 0.0714. The van der Waals surface area contributed by atoms with Crippen LogP contribution in [0.25, 0.3) is 0 Å². The Hall–Kier alpha value is -1.44. The highest BCUT2D eigenvalue weighted by atomic mass is 79.9. The van der Waals surface area contributed by atoms with Gasteiger partial charge in [-0.25, -0.2) is 0 Å². The predicted molar refractivity (Wildman–Crippen MR) is 78.6 cm³/mol. The number of hydrogen-bond acceptors (Lipinski definition) is 3. The molecule has 0 fully saturated rings. The molecule has 2 aromatic rings. The van der Waals surface area contributed by atoms with Crippen LogP contribution in [0.15, 0.2) is 50.7 Å². The normalized spacial score (nSPS) is 10.1. The molecule has 0 radical (unpaired) electrons. The van der Waals surface area contributed by atoms with Gasteiger partial charge in [0.05, 0.1) is 11.3 Å². The first-order valence-corrected chi connectivity index (χ1v) is 6.95. The molecule has 0 bridgehead atoms. The molecule has 18 heavy (non-hydrogen) atoms. The summed E-state index contributed by atoms with van der Waals surface area (Å²) in [6.45, 7) is 2.04. The summed E-state index contributed by atoms with van der Waals surface area (Å²) in [5.41, 5.74) is 8.04. The van der Waals surface area contributed by atoms with Gasteiger partial charge < -0.3 is 5.73 Å². The van der Waals surface area contributed by atoms with Crippen molar-refractivity contribution in [2.45, 2.75) is 16.7 Å². The Morgan fingerprint density at radius 1 is 1.28 bits per heavy atom. The monoisotopic (exact) mass is 318 g/mol. The largest absolute Gasteiger partial charge is 0.398 e. The Morgan fingerprint density at radius 2 is 2.06 bits per heavy atom. The van der Waals surface area contributed by atoms with E-state index in [0.29, 0.717) is 11.3 Å². The second-order valence-electron chi connectivity index (χ2n) is 3.90. The molecule has 0 aliphatic heterocycles. The van der Waals surface area contributed by atoms with Crippen LogP contribution in [0.4, 0.5) is 5.69 Å². The smallest absolute Gasteiger partial charge is 0.102 e. The van der Waals surface area contributed by atoms with Gasteiger partial charge in [-0.05, 0) is 42.8 Å². The van der Waals surface area contributed by atoms with Gasteiger partial charge in [0.1, 0.15) is 6.07 Å². The summed E-state index contributed by atoms with van der Waals surface area (Å²) < 4.78 is 1.03. The number of hydrogen-bond donors (Lipinski definition) is 1. The van der Waals surface area contributed by atoms with Crippen molar-refractivity contribution in [1.29, 1.82) is 5.26 Å². The first-order chi connectivity index (χ1) is 8.60. The van der Waals surface area contributed by atoms with Crippen molar-refractivity contribution >= 4 is 33.4 Å². The number of nitriles is 1. The van der Waals surface area contributed by atoms with Crippen LogP contribution in [0.2, 0.25) is 0 Å². The SMILES string of the molecule is Cc1cc(Br)cc(Sc2cccc(N)c2C#N)c1. The van der Waals surface area contributed by atoms with Crippen molar-refractivity contribution < 1.29 is 0 Å². The molecule has 0 saturated carbocycles. The second kappa shape index (κ2) is 5.47. The molecule has 2 aromatic carbocycles. The first kappa shape index (κ1) is 13.0. The lowest BCUT2D eigenvalue weighted by molar-refractivity contribution is 1.32. The Balaban J connectivity index is 2.40. The molecule has 0 saturated heterocycles. The van der Waals surface area contributed by atoms with Crippen LogP contribution in [0.1, 0.15) is 11.1 Å². The molecule has 0 unspecified atom stereocenters. The maximum absolute atomic E-state index is 9.13. The predicted octanol–water partition coefficient (Wildman–Crippen LogP) is 4.36. The summed E-state index contributed by atoms with van der Waals surface area (Å²) in [5, 5.41) is 9.13. The van der Waals surface area contributed by atoms with Gasteiger partial charge in [-0.15, -0.1) is 0 Å². The minimum atomic E-state index is 0.522. The highest BCUT2D eigenvalue weighted by molar-refractivity contribution is 9.10. The van der Waals surface area contributed by atoms with Crippen LogP contribution in [-0.4, -0.2) is 0 Å². The minimum absolute atomic E-state index is 0.522. The van der Waals surface area contributed by atoms with E-state index < -0.39 is 0 Å². The lowest BCUT2D eigenvalue weighted by Gasteiger charge is -2.07. The average molecular weight is 319 g/mol. The summed E-state index contributed by atoms with van der Waals surface area (Å²) in [7, 11) is 0. The molecule has 2 nitrogen and oxygen atoms in total. The third-order valence-corrected chi connectivity index (χ3v) is 3.90. The van der Waals surface area contributed by atoms with Crippen LogP contribution in [0, 0.1) is 18.3 Å². The lowest BCUT2D eigenvalue weighted by atomic mass is 10.2. The van der Waals surface area contributed by atoms with Crippen molar-refractivity contribution in [3.8, 4) is 6.07 Å². The molecule has 0 atom stereocenters. The highest BCUT2D eigenvalue weighted by Crippen LogP contribution is 2.34. The molecule has 4 heteroatoms. The van der Waals surface area contributed by atoms with Crippen LogP contribution < -0.4 is 5.73 Å². The quantitative estimate of drug-likeness (QED) is 0.837. The molecule has 2 rings (SSSR count). The summed E-state index contributed by atoms with van der Waals surface area (Å²) >= 11 is 5.02. The van der Waals surface area contributed by atoms with E-state index in [9.17, 15) is 0 Å². The van der Waals surface area contributed by atoms with Crippen LogP contribution in [0.5, 0.6) is 0 Å². The molecule has 0 spiro atoms. The van der Waals surface area contributed by atoms with Crippen molar-refractivity contribution in [1.82, 2.24) is 0 Å². The first-order valence-electron chi connectivity index (χ1n) is 5.34. The van der Waals surface area contributed by atoms with E-state index in [0.717, 1.165) is 14.3 Å². The summed E-state index contributed by atoms with van der Waals surface area (Å²) in [6, 6.07) is 13.8. The fourth-order valence-electron chi connectivity index (χ4n) is 1.64. The van der Waals surface area contributed by atoms with Crippen molar-refractivity contribution in [3.05, 3.63) is 52.0 Å². The number of anilines is 1. The van der Waals surface area contributed by atoms with Gasteiger partial charge in [0.25, 0.3) is 0 Å². The number of halogens is 1. The van der Waals surface area contributed by atoms with E-state index in [1.165, 1.54) is 5.56 Å². The standard InChI is InChI=1S/C14H11BrN2S/c1-9-5-10(15)7-11(6-9)18-14-4-2-3-13(17)12(14)8-16/h2-7H,17H2,1H3. The zero-order chi connectivity index (χ0) is 13.1. The van der Waals surface area contributed by atoms with Gasteiger partial charge in [0.2, 0.25) is 0 Å². The lowest BCUT2D eigenvalue weighted by Crippen LogP contribution is -1.91. The van der Waals surface area contributed by atoms with E-state index in [4.69, 9.17) is 11.0 Å². The number of nitrogen functional groups attached to an aromatic ring is 1. The number of aryl methyl sites for hydroxylation is 1. The Bertz CT molecular complexity index is 612. The van der Waals surface area contributed by atoms with Gasteiger partial charge in [-0.2, -0.15) is 5.26 Å². The fourth-order valence-corrected chi connectivity index (χ4v) is 3.50. The maximum atomic E-state index is 9.13. The number of nitrogens with zero attached hydrogens (tertiary/aromatic N) is 1. The average Bonchev–Trinajstić information content (AvgIpc) is 2.27. The van der Waals surface area contributed by atoms with Crippen molar-refractivity contribution in [2.24, 2.45) is 0 Å². The molecule has 0 aliphatic carbocycles. The van der Waals surface area contributed by atoms with Gasteiger partial charge in [-0.3, -0.25) is 0 Å². The summed E-state index contributed by atoms with van der Waals surface area (Å²) in [4.78, 5) is 1.97. The molecule has 0 amide bonds. The Kier molecular flexibility index (Phi) is 3.95. The van der Waals surface area contributed by atoms with Gasteiger partial charge >= 0.3 is 0 Å². The molecular formula is C14H11BrN2S. The van der Waals surface area contributed by atoms with E-state index in [1.54, 1.807) is 17.8 Å². The third kappa shape index (κ3) is 2.87. The summed E-state index contributed by atoms with van der Waals surface area (Å²) in [5.74, 6) is 0. The van der Waals surface area contributed by atoms with Crippen molar-refractivity contribution in [3.63, 3.8) is 0 Å².